The second-order valence-corrected chi connectivity index (χ2v) is 5.95. The molecule has 0 radical (unpaired) electrons. The first kappa shape index (κ1) is 14.8. The normalized spacial score (nSPS) is 10.5. The minimum atomic E-state index is 0.318. The van der Waals surface area contributed by atoms with Crippen LogP contribution in [0.5, 0.6) is 5.75 Å². The molecular formula is C13H9BrCl3NO. The van der Waals surface area contributed by atoms with E-state index in [2.05, 4.69) is 15.9 Å². The number of hydrogen-bond acceptors (Lipinski definition) is 2. The van der Waals surface area contributed by atoms with Gasteiger partial charge in [-0.3, -0.25) is 0 Å². The summed E-state index contributed by atoms with van der Waals surface area (Å²) in [5.74, 6) is 0.411. The summed E-state index contributed by atoms with van der Waals surface area (Å²) < 4.78 is 6.46. The van der Waals surface area contributed by atoms with Crippen molar-refractivity contribution in [2.45, 2.75) is 6.61 Å². The van der Waals surface area contributed by atoms with E-state index in [1.54, 1.807) is 12.1 Å². The SMILES string of the molecule is Nc1cc(COc2c(Cl)cc(Cl)cc2Cl)ccc1Br. The molecule has 0 atom stereocenters. The summed E-state index contributed by atoms with van der Waals surface area (Å²) in [5, 5.41) is 1.22. The van der Waals surface area contributed by atoms with Crippen LogP contribution in [0.1, 0.15) is 5.56 Å². The second kappa shape index (κ2) is 6.23. The summed E-state index contributed by atoms with van der Waals surface area (Å²) in [5.41, 5.74) is 7.36. The molecule has 2 nitrogen and oxygen atoms in total. The molecule has 0 saturated carbocycles. The number of benzene rings is 2. The molecule has 6 heteroatoms. The quantitative estimate of drug-likeness (QED) is 0.706. The Morgan fingerprint density at radius 1 is 1.05 bits per heavy atom. The zero-order valence-corrected chi connectivity index (χ0v) is 13.4. The van der Waals surface area contributed by atoms with Gasteiger partial charge in [-0.1, -0.05) is 40.9 Å². The van der Waals surface area contributed by atoms with Gasteiger partial charge in [0.05, 0.1) is 10.0 Å². The van der Waals surface area contributed by atoms with Gasteiger partial charge in [-0.25, -0.2) is 0 Å². The van der Waals surface area contributed by atoms with Crippen LogP contribution in [0.2, 0.25) is 15.1 Å². The highest BCUT2D eigenvalue weighted by atomic mass is 79.9. The van der Waals surface area contributed by atoms with Crippen LogP contribution < -0.4 is 10.5 Å². The Morgan fingerprint density at radius 2 is 1.68 bits per heavy atom. The highest BCUT2D eigenvalue weighted by Crippen LogP contribution is 2.36. The molecule has 100 valence electrons. The molecule has 0 saturated heterocycles. The molecule has 2 N–H and O–H groups in total. The summed E-state index contributed by atoms with van der Waals surface area (Å²) in [6.45, 7) is 0.318. The maximum atomic E-state index is 6.03. The molecule has 0 aliphatic heterocycles. The maximum Gasteiger partial charge on any atom is 0.157 e. The lowest BCUT2D eigenvalue weighted by atomic mass is 10.2. The first-order chi connectivity index (χ1) is 8.97. The third kappa shape index (κ3) is 3.69. The van der Waals surface area contributed by atoms with Crippen molar-refractivity contribution in [3.63, 3.8) is 0 Å². The van der Waals surface area contributed by atoms with Crippen molar-refractivity contribution < 1.29 is 4.74 Å². The van der Waals surface area contributed by atoms with Gasteiger partial charge in [-0.05, 0) is 45.8 Å². The summed E-state index contributed by atoms with van der Waals surface area (Å²) >= 11 is 21.2. The fraction of sp³-hybridized carbons (Fsp3) is 0.0769. The molecule has 0 aromatic heterocycles. The van der Waals surface area contributed by atoms with Gasteiger partial charge in [0.15, 0.2) is 5.75 Å². The van der Waals surface area contributed by atoms with Crippen LogP contribution >= 0.6 is 50.7 Å². The fourth-order valence-corrected chi connectivity index (χ4v) is 2.68. The van der Waals surface area contributed by atoms with Gasteiger partial charge in [-0.15, -0.1) is 0 Å². The first-order valence-corrected chi connectivity index (χ1v) is 7.21. The number of ether oxygens (including phenoxy) is 1. The van der Waals surface area contributed by atoms with E-state index in [0.717, 1.165) is 10.0 Å². The van der Waals surface area contributed by atoms with Crippen LogP contribution in [0, 0.1) is 0 Å². The minimum absolute atomic E-state index is 0.318. The van der Waals surface area contributed by atoms with E-state index in [1.165, 1.54) is 0 Å². The average molecular weight is 381 g/mol. The number of nitrogens with two attached hydrogens (primary N) is 1. The molecule has 0 fully saturated rings. The zero-order chi connectivity index (χ0) is 14.0. The number of anilines is 1. The Hall–Kier alpha value is -0.610. The number of rotatable bonds is 3. The summed E-state index contributed by atoms with van der Waals surface area (Å²) in [6, 6.07) is 8.75. The second-order valence-electron chi connectivity index (χ2n) is 3.84. The van der Waals surface area contributed by atoms with E-state index in [1.807, 2.05) is 18.2 Å². The van der Waals surface area contributed by atoms with Crippen molar-refractivity contribution in [3.05, 3.63) is 55.4 Å². The molecule has 0 bridgehead atoms. The van der Waals surface area contributed by atoms with Crippen LogP contribution in [0.25, 0.3) is 0 Å². The monoisotopic (exact) mass is 379 g/mol. The molecule has 2 aromatic carbocycles. The van der Waals surface area contributed by atoms with Crippen molar-refractivity contribution in [3.8, 4) is 5.75 Å². The van der Waals surface area contributed by atoms with Gasteiger partial charge < -0.3 is 10.5 Å². The number of nitrogen functional groups attached to an aromatic ring is 1. The molecule has 2 aromatic rings. The summed E-state index contributed by atoms with van der Waals surface area (Å²) in [6.07, 6.45) is 0. The third-order valence-corrected chi connectivity index (χ3v) is 3.91. The van der Waals surface area contributed by atoms with E-state index in [0.29, 0.717) is 33.1 Å². The molecule has 2 rings (SSSR count). The average Bonchev–Trinajstić information content (AvgIpc) is 2.32. The van der Waals surface area contributed by atoms with Gasteiger partial charge in [0.25, 0.3) is 0 Å². The lowest BCUT2D eigenvalue weighted by Crippen LogP contribution is -1.98. The lowest BCUT2D eigenvalue weighted by Gasteiger charge is -2.11. The van der Waals surface area contributed by atoms with Crippen LogP contribution in [-0.2, 0) is 6.61 Å². The Kier molecular flexibility index (Phi) is 4.85. The maximum absolute atomic E-state index is 6.03. The smallest absolute Gasteiger partial charge is 0.157 e. The largest absolute Gasteiger partial charge is 0.486 e. The Balaban J connectivity index is 2.16. The number of hydrogen-bond donors (Lipinski definition) is 1. The Morgan fingerprint density at radius 3 is 2.26 bits per heavy atom. The minimum Gasteiger partial charge on any atom is -0.486 e. The predicted molar refractivity (Wildman–Crippen MR) is 84.4 cm³/mol. The van der Waals surface area contributed by atoms with Crippen LogP contribution in [0.4, 0.5) is 5.69 Å². The molecule has 0 aliphatic carbocycles. The molecule has 0 spiro atoms. The molecular weight excluding hydrogens is 372 g/mol. The van der Waals surface area contributed by atoms with Crippen LogP contribution in [0.15, 0.2) is 34.8 Å². The van der Waals surface area contributed by atoms with Gasteiger partial charge in [0, 0.05) is 15.2 Å². The van der Waals surface area contributed by atoms with E-state index in [9.17, 15) is 0 Å². The van der Waals surface area contributed by atoms with Crippen molar-refractivity contribution in [1.29, 1.82) is 0 Å². The van der Waals surface area contributed by atoms with Crippen LogP contribution in [-0.4, -0.2) is 0 Å². The van der Waals surface area contributed by atoms with Crippen molar-refractivity contribution >= 4 is 56.4 Å². The van der Waals surface area contributed by atoms with Gasteiger partial charge in [0.2, 0.25) is 0 Å². The lowest BCUT2D eigenvalue weighted by molar-refractivity contribution is 0.306. The summed E-state index contributed by atoms with van der Waals surface area (Å²) in [7, 11) is 0. The zero-order valence-electron chi connectivity index (χ0n) is 9.59. The molecule has 0 aliphatic rings. The van der Waals surface area contributed by atoms with Crippen molar-refractivity contribution in [1.82, 2.24) is 0 Å². The van der Waals surface area contributed by atoms with E-state index < -0.39 is 0 Å². The van der Waals surface area contributed by atoms with E-state index in [4.69, 9.17) is 45.3 Å². The van der Waals surface area contributed by atoms with E-state index >= 15 is 0 Å². The molecule has 0 amide bonds. The standard InChI is InChI=1S/C13H9BrCl3NO/c14-9-2-1-7(3-12(9)18)6-19-13-10(16)4-8(15)5-11(13)17/h1-5H,6,18H2. The highest BCUT2D eigenvalue weighted by Gasteiger charge is 2.09. The van der Waals surface area contributed by atoms with Gasteiger partial charge >= 0.3 is 0 Å². The molecule has 19 heavy (non-hydrogen) atoms. The fourth-order valence-electron chi connectivity index (χ4n) is 1.51. The Bertz CT molecular complexity index is 596. The third-order valence-electron chi connectivity index (χ3n) is 2.41. The summed E-state index contributed by atoms with van der Waals surface area (Å²) in [4.78, 5) is 0. The number of halogens is 4. The van der Waals surface area contributed by atoms with Gasteiger partial charge in [-0.2, -0.15) is 0 Å². The van der Waals surface area contributed by atoms with Crippen molar-refractivity contribution in [2.75, 3.05) is 5.73 Å². The van der Waals surface area contributed by atoms with Crippen molar-refractivity contribution in [2.24, 2.45) is 0 Å². The highest BCUT2D eigenvalue weighted by molar-refractivity contribution is 9.10. The van der Waals surface area contributed by atoms with E-state index in [-0.39, 0.29) is 0 Å². The van der Waals surface area contributed by atoms with Crippen LogP contribution in [0.3, 0.4) is 0 Å². The first-order valence-electron chi connectivity index (χ1n) is 5.28. The molecule has 0 unspecified atom stereocenters. The molecule has 0 heterocycles. The topological polar surface area (TPSA) is 35.2 Å². The Labute approximate surface area is 134 Å². The van der Waals surface area contributed by atoms with Gasteiger partial charge in [0.1, 0.15) is 6.61 Å². The predicted octanol–water partition coefficient (Wildman–Crippen LogP) is 5.57.